The van der Waals surface area contributed by atoms with Crippen LogP contribution in [-0.4, -0.2) is 50.3 Å². The van der Waals surface area contributed by atoms with Crippen LogP contribution in [0, 0.1) is 5.92 Å². The van der Waals surface area contributed by atoms with Crippen LogP contribution >= 0.6 is 12.4 Å². The van der Waals surface area contributed by atoms with E-state index in [2.05, 4.69) is 17.1 Å². The fraction of sp³-hybridized carbons (Fsp3) is 1.00. The molecule has 0 aliphatic carbocycles. The van der Waals surface area contributed by atoms with E-state index in [1.807, 2.05) is 0 Å². The summed E-state index contributed by atoms with van der Waals surface area (Å²) in [4.78, 5) is 2.58. The van der Waals surface area contributed by atoms with Gasteiger partial charge in [0.05, 0.1) is 6.10 Å². The largest absolute Gasteiger partial charge is 0.377 e. The first-order valence-electron chi connectivity index (χ1n) is 6.93. The average molecular weight is 263 g/mol. The number of hydrogen-bond acceptors (Lipinski definition) is 3. The molecule has 2 saturated heterocycles. The molecule has 0 amide bonds. The van der Waals surface area contributed by atoms with Crippen LogP contribution < -0.4 is 5.32 Å². The molecule has 2 aliphatic heterocycles. The predicted molar refractivity (Wildman–Crippen MR) is 73.9 cm³/mol. The van der Waals surface area contributed by atoms with Crippen LogP contribution in [0.15, 0.2) is 0 Å². The zero-order valence-electron chi connectivity index (χ0n) is 11.0. The van der Waals surface area contributed by atoms with Gasteiger partial charge in [-0.05, 0) is 51.2 Å². The van der Waals surface area contributed by atoms with Crippen molar-refractivity contribution in [1.82, 2.24) is 10.2 Å². The van der Waals surface area contributed by atoms with Crippen LogP contribution in [0.2, 0.25) is 0 Å². The number of rotatable bonds is 5. The van der Waals surface area contributed by atoms with Crippen molar-refractivity contribution < 1.29 is 4.74 Å². The zero-order chi connectivity index (χ0) is 11.2. The summed E-state index contributed by atoms with van der Waals surface area (Å²) >= 11 is 0. The topological polar surface area (TPSA) is 24.5 Å². The summed E-state index contributed by atoms with van der Waals surface area (Å²) in [6.45, 7) is 9.24. The standard InChI is InChI=1S/C13H26N2O.ClH/c1-2-15(11-13-6-4-8-16-13)10-12-5-3-7-14-9-12;/h12-14H,2-11H2,1H3;1H. The molecule has 3 nitrogen and oxygen atoms in total. The van der Waals surface area contributed by atoms with Crippen molar-refractivity contribution in [2.24, 2.45) is 5.92 Å². The van der Waals surface area contributed by atoms with Crippen LogP contribution in [0.3, 0.4) is 0 Å². The van der Waals surface area contributed by atoms with Crippen LogP contribution in [0.1, 0.15) is 32.6 Å². The lowest BCUT2D eigenvalue weighted by molar-refractivity contribution is 0.0677. The molecule has 0 aromatic heterocycles. The lowest BCUT2D eigenvalue weighted by Gasteiger charge is -2.30. The Morgan fingerprint density at radius 2 is 2.12 bits per heavy atom. The molecule has 2 atom stereocenters. The molecule has 4 heteroatoms. The fourth-order valence-electron chi connectivity index (χ4n) is 2.85. The van der Waals surface area contributed by atoms with Gasteiger partial charge in [-0.3, -0.25) is 0 Å². The minimum atomic E-state index is 0. The maximum absolute atomic E-state index is 5.72. The van der Waals surface area contributed by atoms with Gasteiger partial charge in [-0.2, -0.15) is 0 Å². The number of ether oxygens (including phenoxy) is 1. The summed E-state index contributed by atoms with van der Waals surface area (Å²) in [5.74, 6) is 0.857. The minimum absolute atomic E-state index is 0. The third-order valence-corrected chi connectivity index (χ3v) is 3.85. The molecule has 0 spiro atoms. The van der Waals surface area contributed by atoms with Crippen LogP contribution in [0.4, 0.5) is 0 Å². The Bertz CT molecular complexity index is 192. The van der Waals surface area contributed by atoms with E-state index in [0.29, 0.717) is 6.10 Å². The number of halogens is 1. The summed E-state index contributed by atoms with van der Waals surface area (Å²) in [5, 5.41) is 3.50. The smallest absolute Gasteiger partial charge is 0.0702 e. The average Bonchev–Trinajstić information content (AvgIpc) is 2.82. The molecule has 2 rings (SSSR count). The Labute approximate surface area is 112 Å². The molecule has 0 saturated carbocycles. The highest BCUT2D eigenvalue weighted by atomic mass is 35.5. The number of nitrogens with one attached hydrogen (secondary N) is 1. The summed E-state index contributed by atoms with van der Waals surface area (Å²) in [5.41, 5.74) is 0. The van der Waals surface area contributed by atoms with Gasteiger partial charge >= 0.3 is 0 Å². The maximum atomic E-state index is 5.72. The zero-order valence-corrected chi connectivity index (χ0v) is 11.8. The molecule has 0 bridgehead atoms. The molecule has 2 aliphatic rings. The second-order valence-electron chi connectivity index (χ2n) is 5.20. The normalized spacial score (nSPS) is 29.3. The van der Waals surface area contributed by atoms with Gasteiger partial charge in [0, 0.05) is 19.7 Å². The van der Waals surface area contributed by atoms with Gasteiger partial charge in [-0.1, -0.05) is 6.92 Å². The quantitative estimate of drug-likeness (QED) is 0.819. The third-order valence-electron chi connectivity index (χ3n) is 3.85. The molecular formula is C13H27ClN2O. The van der Waals surface area contributed by atoms with E-state index >= 15 is 0 Å². The first-order chi connectivity index (χ1) is 7.88. The first kappa shape index (κ1) is 15.2. The fourth-order valence-corrected chi connectivity index (χ4v) is 2.85. The van der Waals surface area contributed by atoms with Gasteiger partial charge in [-0.15, -0.1) is 12.4 Å². The predicted octanol–water partition coefficient (Wildman–Crippen LogP) is 1.91. The van der Waals surface area contributed by atoms with E-state index < -0.39 is 0 Å². The molecular weight excluding hydrogens is 236 g/mol. The van der Waals surface area contributed by atoms with Gasteiger partial charge < -0.3 is 15.0 Å². The van der Waals surface area contributed by atoms with Crippen LogP contribution in [0.25, 0.3) is 0 Å². The van der Waals surface area contributed by atoms with Crippen molar-refractivity contribution in [2.75, 3.05) is 39.3 Å². The van der Waals surface area contributed by atoms with Crippen molar-refractivity contribution in [1.29, 1.82) is 0 Å². The Hall–Kier alpha value is 0.170. The SMILES string of the molecule is CCN(CC1CCCNC1)CC1CCCO1.Cl. The minimum Gasteiger partial charge on any atom is -0.377 e. The molecule has 0 aromatic carbocycles. The van der Waals surface area contributed by atoms with E-state index in [1.54, 1.807) is 0 Å². The number of piperidine rings is 1. The second kappa shape index (κ2) is 8.30. The monoisotopic (exact) mass is 262 g/mol. The lowest BCUT2D eigenvalue weighted by atomic mass is 9.99. The molecule has 17 heavy (non-hydrogen) atoms. The van der Waals surface area contributed by atoms with Gasteiger partial charge in [0.25, 0.3) is 0 Å². The van der Waals surface area contributed by atoms with E-state index in [0.717, 1.165) is 25.6 Å². The highest BCUT2D eigenvalue weighted by Gasteiger charge is 2.21. The number of nitrogens with zero attached hydrogens (tertiary/aromatic N) is 1. The number of likely N-dealkylation sites (N-methyl/N-ethyl adjacent to an activating group) is 1. The molecule has 0 aromatic rings. The summed E-state index contributed by atoms with van der Waals surface area (Å²) in [6, 6.07) is 0. The van der Waals surface area contributed by atoms with E-state index in [1.165, 1.54) is 45.3 Å². The highest BCUT2D eigenvalue weighted by molar-refractivity contribution is 5.85. The van der Waals surface area contributed by atoms with E-state index in [4.69, 9.17) is 4.74 Å². The first-order valence-corrected chi connectivity index (χ1v) is 6.93. The van der Waals surface area contributed by atoms with Crippen molar-refractivity contribution in [3.05, 3.63) is 0 Å². The van der Waals surface area contributed by atoms with Crippen molar-refractivity contribution in [3.63, 3.8) is 0 Å². The van der Waals surface area contributed by atoms with Crippen molar-refractivity contribution in [2.45, 2.75) is 38.7 Å². The lowest BCUT2D eigenvalue weighted by Crippen LogP contribution is -2.41. The van der Waals surface area contributed by atoms with Crippen LogP contribution in [0.5, 0.6) is 0 Å². The van der Waals surface area contributed by atoms with E-state index in [-0.39, 0.29) is 12.4 Å². The summed E-state index contributed by atoms with van der Waals surface area (Å²) < 4.78 is 5.72. The molecule has 2 unspecified atom stereocenters. The van der Waals surface area contributed by atoms with Gasteiger partial charge in [-0.25, -0.2) is 0 Å². The van der Waals surface area contributed by atoms with Crippen molar-refractivity contribution in [3.8, 4) is 0 Å². The number of hydrogen-bond donors (Lipinski definition) is 1. The van der Waals surface area contributed by atoms with Crippen molar-refractivity contribution >= 4 is 12.4 Å². The summed E-state index contributed by atoms with van der Waals surface area (Å²) in [7, 11) is 0. The highest BCUT2D eigenvalue weighted by Crippen LogP contribution is 2.16. The second-order valence-corrected chi connectivity index (χ2v) is 5.20. The Morgan fingerprint density at radius 3 is 2.71 bits per heavy atom. The summed E-state index contributed by atoms with van der Waals surface area (Å²) in [6.07, 6.45) is 5.78. The molecule has 102 valence electrons. The molecule has 2 fully saturated rings. The molecule has 2 heterocycles. The van der Waals surface area contributed by atoms with Gasteiger partial charge in [0.2, 0.25) is 0 Å². The van der Waals surface area contributed by atoms with Gasteiger partial charge in [0.1, 0.15) is 0 Å². The van der Waals surface area contributed by atoms with E-state index in [9.17, 15) is 0 Å². The third kappa shape index (κ3) is 5.12. The van der Waals surface area contributed by atoms with Gasteiger partial charge in [0.15, 0.2) is 0 Å². The van der Waals surface area contributed by atoms with Crippen LogP contribution in [-0.2, 0) is 4.74 Å². The molecule has 0 radical (unpaired) electrons. The Morgan fingerprint density at radius 1 is 1.24 bits per heavy atom. The maximum Gasteiger partial charge on any atom is 0.0702 e. The Balaban J connectivity index is 0.00000144. The molecule has 1 N–H and O–H groups in total. The Kier molecular flexibility index (Phi) is 7.44.